The number of ether oxygens (including phenoxy) is 1. The minimum absolute atomic E-state index is 0.0257. The number of amides is 1. The maximum atomic E-state index is 12.3. The summed E-state index contributed by atoms with van der Waals surface area (Å²) < 4.78 is 77.3. The highest BCUT2D eigenvalue weighted by atomic mass is 19.4. The normalized spacial score (nSPS) is 12.9. The molecule has 4 nitrogen and oxygen atoms in total. The fourth-order valence-corrected chi connectivity index (χ4v) is 1.32. The molecule has 0 heterocycles. The molecule has 0 aromatic heterocycles. The van der Waals surface area contributed by atoms with Crippen molar-refractivity contribution in [1.29, 1.82) is 0 Å². The highest BCUT2D eigenvalue weighted by Crippen LogP contribution is 2.35. The number of likely N-dealkylation sites (N-methyl/N-ethyl adjacent to an activating group) is 2. The molecule has 21 heavy (non-hydrogen) atoms. The molecule has 124 valence electrons. The monoisotopic (exact) mass is 322 g/mol. The topological polar surface area (TPSA) is 32.8 Å². The highest BCUT2D eigenvalue weighted by Gasteiger charge is 2.60. The number of alkyl halides is 6. The lowest BCUT2D eigenvalue weighted by Crippen LogP contribution is -2.49. The molecule has 0 N–H and O–H groups in total. The van der Waals surface area contributed by atoms with Gasteiger partial charge in [0.2, 0.25) is 0 Å². The summed E-state index contributed by atoms with van der Waals surface area (Å²) in [6, 6.07) is 0. The molecule has 0 aliphatic carbocycles. The lowest BCUT2D eigenvalue weighted by Gasteiger charge is -2.28. The van der Waals surface area contributed by atoms with Gasteiger partial charge in [-0.05, 0) is 13.5 Å². The van der Waals surface area contributed by atoms with Crippen LogP contribution in [0.4, 0.5) is 31.1 Å². The first kappa shape index (κ1) is 19.9. The number of halogens is 6. The molecule has 0 saturated carbocycles. The largest absolute Gasteiger partial charge is 0.434 e. The van der Waals surface area contributed by atoms with E-state index < -0.39 is 24.5 Å². The summed E-state index contributed by atoms with van der Waals surface area (Å²) in [7, 11) is 1.70. The van der Waals surface area contributed by atoms with Crippen molar-refractivity contribution in [2.75, 3.05) is 26.2 Å². The van der Waals surface area contributed by atoms with Crippen molar-refractivity contribution in [2.24, 2.45) is 0 Å². The summed E-state index contributed by atoms with van der Waals surface area (Å²) in [5.74, 6) is 0. The minimum atomic E-state index is -5.70. The Morgan fingerprint density at radius 1 is 1.05 bits per heavy atom. The van der Waals surface area contributed by atoms with Crippen LogP contribution in [0.5, 0.6) is 0 Å². The molecule has 0 fully saturated rings. The lowest BCUT2D eigenvalue weighted by atomic mass is 10.3. The number of hydrogen-bond acceptors (Lipinski definition) is 3. The Labute approximate surface area is 119 Å². The van der Waals surface area contributed by atoms with Crippen LogP contribution in [0.25, 0.3) is 0 Å². The van der Waals surface area contributed by atoms with Gasteiger partial charge in [0.05, 0.1) is 0 Å². The van der Waals surface area contributed by atoms with E-state index in [1.54, 1.807) is 12.8 Å². The highest BCUT2D eigenvalue weighted by molar-refractivity contribution is 6.04. The number of rotatable bonds is 6. The molecule has 0 spiro atoms. The Kier molecular flexibility index (Phi) is 7.35. The van der Waals surface area contributed by atoms with Crippen LogP contribution in [0.15, 0.2) is 0 Å². The van der Waals surface area contributed by atoms with E-state index in [9.17, 15) is 31.1 Å². The Bertz CT molecular complexity index is 322. The zero-order chi connectivity index (χ0) is 16.8. The smallest absolute Gasteiger partial charge is 0.426 e. The van der Waals surface area contributed by atoms with E-state index in [1.807, 2.05) is 6.92 Å². The molecule has 0 rings (SSSR count). The van der Waals surface area contributed by atoms with Gasteiger partial charge in [0.1, 0.15) is 0 Å². The molecule has 0 aromatic carbocycles. The second kappa shape index (κ2) is 7.76. The molecule has 0 unspecified atom stereocenters. The van der Waals surface area contributed by atoms with Gasteiger partial charge in [-0.3, -0.25) is 0 Å². The molecular weight excluding hydrogens is 305 g/mol. The van der Waals surface area contributed by atoms with Crippen LogP contribution in [-0.4, -0.2) is 68.4 Å². The summed E-state index contributed by atoms with van der Waals surface area (Å²) in [6.45, 7) is 4.10. The summed E-state index contributed by atoms with van der Waals surface area (Å²) >= 11 is 0. The summed E-state index contributed by atoms with van der Waals surface area (Å²) in [5.41, 5.74) is 0. The number of nitrogens with zero attached hydrogens (tertiary/aromatic N) is 2. The van der Waals surface area contributed by atoms with Crippen LogP contribution >= 0.6 is 0 Å². The van der Waals surface area contributed by atoms with Gasteiger partial charge in [-0.25, -0.2) is 4.79 Å². The maximum Gasteiger partial charge on any atom is 0.434 e. The van der Waals surface area contributed by atoms with Gasteiger partial charge in [0.25, 0.3) is 6.10 Å². The van der Waals surface area contributed by atoms with Gasteiger partial charge in [-0.1, -0.05) is 6.92 Å². The van der Waals surface area contributed by atoms with Crippen LogP contribution < -0.4 is 0 Å². The van der Waals surface area contributed by atoms with E-state index >= 15 is 0 Å². The Hall–Kier alpha value is -1.13. The number of carbonyl (C=O) groups is 1. The number of carbonyl (C=O) groups excluding carboxylic acids is 1. The SMILES string of the molecule is BN(CC)CCN(CC)C(=O)OC(C(F)(F)F)C(F)(F)F. The van der Waals surface area contributed by atoms with Gasteiger partial charge >= 0.3 is 18.4 Å². The minimum Gasteiger partial charge on any atom is -0.426 e. The average Bonchev–Trinajstić information content (AvgIpc) is 2.33. The maximum absolute atomic E-state index is 12.3. The van der Waals surface area contributed by atoms with Gasteiger partial charge in [-0.2, -0.15) is 26.3 Å². The van der Waals surface area contributed by atoms with Gasteiger partial charge in [-0.15, -0.1) is 0 Å². The molecule has 1 amide bonds. The van der Waals surface area contributed by atoms with Crippen molar-refractivity contribution in [3.8, 4) is 0 Å². The van der Waals surface area contributed by atoms with E-state index in [0.29, 0.717) is 13.1 Å². The van der Waals surface area contributed by atoms with Crippen molar-refractivity contribution in [2.45, 2.75) is 32.3 Å². The van der Waals surface area contributed by atoms with Crippen LogP contribution in [0, 0.1) is 0 Å². The molecule has 0 radical (unpaired) electrons. The third kappa shape index (κ3) is 6.92. The predicted molar refractivity (Wildman–Crippen MR) is 65.4 cm³/mol. The van der Waals surface area contributed by atoms with Gasteiger partial charge < -0.3 is 14.4 Å². The molecule has 0 saturated heterocycles. The van der Waals surface area contributed by atoms with Gasteiger partial charge in [0.15, 0.2) is 7.98 Å². The van der Waals surface area contributed by atoms with E-state index in [2.05, 4.69) is 4.74 Å². The Morgan fingerprint density at radius 3 is 1.86 bits per heavy atom. The molecule has 0 bridgehead atoms. The second-order valence-electron chi connectivity index (χ2n) is 4.32. The molecule has 0 aliphatic heterocycles. The van der Waals surface area contributed by atoms with Crippen LogP contribution in [0.2, 0.25) is 0 Å². The molecular formula is C10H17BF6N2O2. The van der Waals surface area contributed by atoms with Crippen molar-refractivity contribution >= 4 is 14.1 Å². The molecule has 0 atom stereocenters. The first-order valence-electron chi connectivity index (χ1n) is 6.21. The summed E-state index contributed by atoms with van der Waals surface area (Å²) in [5, 5.41) is 0. The van der Waals surface area contributed by atoms with Crippen LogP contribution in [0.3, 0.4) is 0 Å². The predicted octanol–water partition coefficient (Wildman–Crippen LogP) is 1.81. The van der Waals surface area contributed by atoms with E-state index in [-0.39, 0.29) is 13.1 Å². The number of hydrogen-bond donors (Lipinski definition) is 0. The van der Waals surface area contributed by atoms with Crippen LogP contribution in [0.1, 0.15) is 13.8 Å². The standard InChI is InChI=1S/C10H17BF6N2O2/c1-3-18(5-6-19(11)4-2)8(20)21-7(9(12,13)14)10(15,16)17/h7H,3-6,11H2,1-2H3. The zero-order valence-corrected chi connectivity index (χ0v) is 11.9. The molecule has 0 aliphatic rings. The van der Waals surface area contributed by atoms with Crippen molar-refractivity contribution in [1.82, 2.24) is 9.71 Å². The quantitative estimate of drug-likeness (QED) is 0.552. The Morgan fingerprint density at radius 2 is 1.52 bits per heavy atom. The fourth-order valence-electron chi connectivity index (χ4n) is 1.32. The van der Waals surface area contributed by atoms with E-state index in [0.717, 1.165) is 4.90 Å². The van der Waals surface area contributed by atoms with E-state index in [4.69, 9.17) is 0 Å². The molecule has 0 aromatic rings. The summed E-state index contributed by atoms with van der Waals surface area (Å²) in [4.78, 5) is 14.0. The third-order valence-electron chi connectivity index (χ3n) is 2.74. The third-order valence-corrected chi connectivity index (χ3v) is 2.74. The second-order valence-corrected chi connectivity index (χ2v) is 4.32. The zero-order valence-electron chi connectivity index (χ0n) is 11.9. The van der Waals surface area contributed by atoms with Crippen LogP contribution in [-0.2, 0) is 4.74 Å². The van der Waals surface area contributed by atoms with Gasteiger partial charge in [0, 0.05) is 19.6 Å². The lowest BCUT2D eigenvalue weighted by molar-refractivity contribution is -0.308. The first-order valence-corrected chi connectivity index (χ1v) is 6.21. The fraction of sp³-hybridized carbons (Fsp3) is 0.900. The van der Waals surface area contributed by atoms with E-state index in [1.165, 1.54) is 6.92 Å². The Balaban J connectivity index is 4.80. The average molecular weight is 322 g/mol. The first-order chi connectivity index (χ1) is 9.43. The molecule has 11 heteroatoms. The van der Waals surface area contributed by atoms with Crippen molar-refractivity contribution < 1.29 is 35.9 Å². The van der Waals surface area contributed by atoms with Crippen molar-refractivity contribution in [3.63, 3.8) is 0 Å². The summed E-state index contributed by atoms with van der Waals surface area (Å²) in [6.07, 6.45) is -17.2. The van der Waals surface area contributed by atoms with Crippen molar-refractivity contribution in [3.05, 3.63) is 0 Å².